The molecule has 0 aromatic carbocycles. The summed E-state index contributed by atoms with van der Waals surface area (Å²) in [6.07, 6.45) is 4.93. The van der Waals surface area contributed by atoms with Crippen LogP contribution < -0.4 is 10.9 Å². The van der Waals surface area contributed by atoms with E-state index in [2.05, 4.69) is 10.3 Å². The highest BCUT2D eigenvalue weighted by Gasteiger charge is 2.26. The van der Waals surface area contributed by atoms with E-state index in [0.29, 0.717) is 29.8 Å². The zero-order valence-electron chi connectivity index (χ0n) is 10.1. The lowest BCUT2D eigenvalue weighted by Crippen LogP contribution is -2.31. The third kappa shape index (κ3) is 3.13. The number of alkyl halides is 1. The Morgan fingerprint density at radius 3 is 2.94 bits per heavy atom. The molecule has 4 nitrogen and oxygen atoms in total. The first-order chi connectivity index (χ1) is 8.70. The minimum atomic E-state index is -0.262. The van der Waals surface area contributed by atoms with E-state index in [4.69, 9.17) is 11.6 Å². The van der Waals surface area contributed by atoms with Gasteiger partial charge in [-0.25, -0.2) is 0 Å². The van der Waals surface area contributed by atoms with Gasteiger partial charge in [0.05, 0.1) is 0 Å². The summed E-state index contributed by atoms with van der Waals surface area (Å²) in [4.78, 5) is 25.4. The number of hydrogen-bond donors (Lipinski definition) is 2. The molecular weight excluding hydrogens is 252 g/mol. The van der Waals surface area contributed by atoms with E-state index in [1.807, 2.05) is 0 Å². The van der Waals surface area contributed by atoms with Gasteiger partial charge in [0, 0.05) is 30.3 Å². The molecule has 1 fully saturated rings. The Hall–Kier alpha value is -1.29. The maximum Gasteiger partial charge on any atom is 0.251 e. The summed E-state index contributed by atoms with van der Waals surface area (Å²) in [6, 6.07) is 2.91. The van der Waals surface area contributed by atoms with E-state index < -0.39 is 0 Å². The van der Waals surface area contributed by atoms with Crippen LogP contribution in [0.25, 0.3) is 0 Å². The van der Waals surface area contributed by atoms with Gasteiger partial charge in [0.1, 0.15) is 0 Å². The first-order valence-corrected chi connectivity index (χ1v) is 6.77. The topological polar surface area (TPSA) is 62.0 Å². The summed E-state index contributed by atoms with van der Waals surface area (Å²) in [5.41, 5.74) is 0.140. The van der Waals surface area contributed by atoms with Gasteiger partial charge in [-0.2, -0.15) is 0 Å². The van der Waals surface area contributed by atoms with Crippen LogP contribution in [0.5, 0.6) is 0 Å². The van der Waals surface area contributed by atoms with Crippen molar-refractivity contribution in [2.45, 2.75) is 19.3 Å². The van der Waals surface area contributed by atoms with Crippen LogP contribution in [-0.4, -0.2) is 23.3 Å². The molecule has 5 heteroatoms. The van der Waals surface area contributed by atoms with Crippen LogP contribution in [0.15, 0.2) is 23.1 Å². The number of H-pyrrole nitrogens is 1. The highest BCUT2D eigenvalue weighted by molar-refractivity contribution is 6.18. The third-order valence-electron chi connectivity index (χ3n) is 3.58. The molecule has 0 radical (unpaired) electrons. The Morgan fingerprint density at radius 2 is 2.22 bits per heavy atom. The van der Waals surface area contributed by atoms with Gasteiger partial charge in [0.25, 0.3) is 5.91 Å². The van der Waals surface area contributed by atoms with Crippen LogP contribution in [0.3, 0.4) is 0 Å². The van der Waals surface area contributed by atoms with E-state index in [1.54, 1.807) is 6.07 Å². The van der Waals surface area contributed by atoms with E-state index >= 15 is 0 Å². The SMILES string of the molecule is O=C(NCC1CCCC1CCl)c1cc[nH]c(=O)c1. The Labute approximate surface area is 111 Å². The molecule has 1 saturated carbocycles. The van der Waals surface area contributed by atoms with Crippen molar-refractivity contribution in [3.8, 4) is 0 Å². The monoisotopic (exact) mass is 268 g/mol. The van der Waals surface area contributed by atoms with Gasteiger partial charge < -0.3 is 10.3 Å². The standard InChI is InChI=1S/C13H17ClN2O2/c14-7-10-2-1-3-11(10)8-16-13(18)9-4-5-15-12(17)6-9/h4-6,10-11H,1-3,7-8H2,(H,15,17)(H,16,18). The van der Waals surface area contributed by atoms with Crippen molar-refractivity contribution in [2.75, 3.05) is 12.4 Å². The lowest BCUT2D eigenvalue weighted by atomic mass is 9.98. The van der Waals surface area contributed by atoms with E-state index in [0.717, 1.165) is 12.8 Å². The maximum absolute atomic E-state index is 11.9. The molecule has 2 rings (SSSR count). The van der Waals surface area contributed by atoms with E-state index in [1.165, 1.54) is 18.7 Å². The number of halogens is 1. The predicted molar refractivity (Wildman–Crippen MR) is 70.9 cm³/mol. The first kappa shape index (κ1) is 13.1. The minimum Gasteiger partial charge on any atom is -0.352 e. The molecule has 1 aliphatic carbocycles. The second kappa shape index (κ2) is 6.05. The van der Waals surface area contributed by atoms with Crippen molar-refractivity contribution in [3.63, 3.8) is 0 Å². The smallest absolute Gasteiger partial charge is 0.251 e. The summed E-state index contributed by atoms with van der Waals surface area (Å²) < 4.78 is 0. The first-order valence-electron chi connectivity index (χ1n) is 6.23. The number of aromatic nitrogens is 1. The normalized spacial score (nSPS) is 22.9. The number of carbonyl (C=O) groups excluding carboxylic acids is 1. The summed E-state index contributed by atoms with van der Waals surface area (Å²) >= 11 is 5.90. The summed E-state index contributed by atoms with van der Waals surface area (Å²) in [5.74, 6) is 1.44. The van der Waals surface area contributed by atoms with Gasteiger partial charge in [0.15, 0.2) is 0 Å². The predicted octanol–water partition coefficient (Wildman–Crippen LogP) is 1.76. The van der Waals surface area contributed by atoms with Gasteiger partial charge in [-0.3, -0.25) is 9.59 Å². The summed E-state index contributed by atoms with van der Waals surface area (Å²) in [7, 11) is 0. The van der Waals surface area contributed by atoms with Crippen molar-refractivity contribution in [3.05, 3.63) is 34.2 Å². The lowest BCUT2D eigenvalue weighted by Gasteiger charge is -2.17. The average molecular weight is 269 g/mol. The molecule has 0 aliphatic heterocycles. The fourth-order valence-electron chi connectivity index (χ4n) is 2.50. The molecule has 98 valence electrons. The van der Waals surface area contributed by atoms with Crippen LogP contribution in [0.1, 0.15) is 29.6 Å². The summed E-state index contributed by atoms with van der Waals surface area (Å²) in [6.45, 7) is 0.642. The Morgan fingerprint density at radius 1 is 1.44 bits per heavy atom. The molecule has 1 aliphatic rings. The molecule has 1 heterocycles. The van der Waals surface area contributed by atoms with E-state index in [9.17, 15) is 9.59 Å². The average Bonchev–Trinajstić information content (AvgIpc) is 2.83. The van der Waals surface area contributed by atoms with Crippen molar-refractivity contribution in [2.24, 2.45) is 11.8 Å². The molecule has 0 bridgehead atoms. The summed E-state index contributed by atoms with van der Waals surface area (Å²) in [5, 5.41) is 2.88. The highest BCUT2D eigenvalue weighted by atomic mass is 35.5. The second-order valence-electron chi connectivity index (χ2n) is 4.76. The number of pyridine rings is 1. The zero-order chi connectivity index (χ0) is 13.0. The largest absolute Gasteiger partial charge is 0.352 e. The van der Waals surface area contributed by atoms with Gasteiger partial charge in [-0.1, -0.05) is 6.42 Å². The minimum absolute atomic E-state index is 0.193. The van der Waals surface area contributed by atoms with Crippen LogP contribution in [0.4, 0.5) is 0 Å². The lowest BCUT2D eigenvalue weighted by molar-refractivity contribution is 0.0944. The number of nitrogens with one attached hydrogen (secondary N) is 2. The van der Waals surface area contributed by atoms with Gasteiger partial charge in [0.2, 0.25) is 5.56 Å². The molecule has 1 aromatic rings. The van der Waals surface area contributed by atoms with Crippen molar-refractivity contribution >= 4 is 17.5 Å². The van der Waals surface area contributed by atoms with Gasteiger partial charge >= 0.3 is 0 Å². The van der Waals surface area contributed by atoms with Crippen LogP contribution in [-0.2, 0) is 0 Å². The highest BCUT2D eigenvalue weighted by Crippen LogP contribution is 2.31. The van der Waals surface area contributed by atoms with Crippen LogP contribution in [0, 0.1) is 11.8 Å². The Bertz CT molecular complexity index is 472. The molecule has 0 saturated heterocycles. The fraction of sp³-hybridized carbons (Fsp3) is 0.538. The number of rotatable bonds is 4. The second-order valence-corrected chi connectivity index (χ2v) is 5.07. The van der Waals surface area contributed by atoms with Crippen molar-refractivity contribution in [1.82, 2.24) is 10.3 Å². The van der Waals surface area contributed by atoms with Crippen molar-refractivity contribution < 1.29 is 4.79 Å². The number of amides is 1. The Balaban J connectivity index is 1.90. The van der Waals surface area contributed by atoms with Crippen LogP contribution >= 0.6 is 11.6 Å². The molecule has 2 N–H and O–H groups in total. The molecule has 2 unspecified atom stereocenters. The Kier molecular flexibility index (Phi) is 4.42. The van der Waals surface area contributed by atoms with Gasteiger partial charge in [-0.05, 0) is 30.7 Å². The number of hydrogen-bond acceptors (Lipinski definition) is 2. The van der Waals surface area contributed by atoms with Gasteiger partial charge in [-0.15, -0.1) is 11.6 Å². The maximum atomic E-state index is 11.9. The molecule has 0 spiro atoms. The number of aromatic amines is 1. The molecular formula is C13H17ClN2O2. The number of carbonyl (C=O) groups is 1. The van der Waals surface area contributed by atoms with E-state index in [-0.39, 0.29) is 11.5 Å². The zero-order valence-corrected chi connectivity index (χ0v) is 10.9. The third-order valence-corrected chi connectivity index (χ3v) is 3.97. The van der Waals surface area contributed by atoms with Crippen LogP contribution in [0.2, 0.25) is 0 Å². The fourth-order valence-corrected chi connectivity index (χ4v) is 2.90. The molecule has 18 heavy (non-hydrogen) atoms. The van der Waals surface area contributed by atoms with Crippen molar-refractivity contribution in [1.29, 1.82) is 0 Å². The molecule has 2 atom stereocenters. The molecule has 1 aromatic heterocycles. The molecule has 1 amide bonds. The quantitative estimate of drug-likeness (QED) is 0.818.